The number of halogens is 2. The molecule has 1 atom stereocenters. The Kier molecular flexibility index (Phi) is 5.25. The molecule has 3 nitrogen and oxygen atoms in total. The quantitative estimate of drug-likeness (QED) is 0.859. The molecule has 21 heavy (non-hydrogen) atoms. The molecule has 5 heteroatoms. The molecule has 0 bridgehead atoms. The van der Waals surface area contributed by atoms with Crippen LogP contribution in [-0.2, 0) is 11.3 Å². The lowest BCUT2D eigenvalue weighted by Crippen LogP contribution is -2.14. The number of nitrogens with one attached hydrogen (secondary N) is 1. The van der Waals surface area contributed by atoms with Crippen LogP contribution in [0, 0.1) is 11.6 Å². The molecular formula is C16H17F2NO2. The molecule has 0 spiro atoms. The zero-order chi connectivity index (χ0) is 15.2. The van der Waals surface area contributed by atoms with Crippen LogP contribution in [-0.4, -0.2) is 18.8 Å². The van der Waals surface area contributed by atoms with Crippen molar-refractivity contribution in [2.75, 3.05) is 19.0 Å². The molecule has 0 fully saturated rings. The molecule has 0 amide bonds. The lowest BCUT2D eigenvalue weighted by Gasteiger charge is -2.14. The van der Waals surface area contributed by atoms with Crippen molar-refractivity contribution in [1.82, 2.24) is 0 Å². The molecule has 0 saturated heterocycles. The van der Waals surface area contributed by atoms with Crippen LogP contribution in [0.4, 0.5) is 14.5 Å². The molecule has 112 valence electrons. The van der Waals surface area contributed by atoms with E-state index in [1.165, 1.54) is 0 Å². The maximum Gasteiger partial charge on any atom is 0.129 e. The van der Waals surface area contributed by atoms with Crippen LogP contribution < -0.4 is 5.32 Å². The highest BCUT2D eigenvalue weighted by Gasteiger charge is 2.13. The summed E-state index contributed by atoms with van der Waals surface area (Å²) in [7, 11) is 1.61. The minimum absolute atomic E-state index is 0.0597. The molecule has 0 heterocycles. The van der Waals surface area contributed by atoms with Crippen LogP contribution in [0.25, 0.3) is 0 Å². The van der Waals surface area contributed by atoms with Crippen molar-refractivity contribution in [2.24, 2.45) is 0 Å². The highest BCUT2D eigenvalue weighted by atomic mass is 19.1. The SMILES string of the molecule is COCc1cccc(NCC(O)c2cc(F)ccc2F)c1. The van der Waals surface area contributed by atoms with E-state index in [2.05, 4.69) is 5.32 Å². The Balaban J connectivity index is 2.02. The Morgan fingerprint density at radius 3 is 2.76 bits per heavy atom. The summed E-state index contributed by atoms with van der Waals surface area (Å²) >= 11 is 0. The molecular weight excluding hydrogens is 276 g/mol. The maximum absolute atomic E-state index is 13.5. The van der Waals surface area contributed by atoms with Gasteiger partial charge in [0.2, 0.25) is 0 Å². The van der Waals surface area contributed by atoms with Crippen molar-refractivity contribution < 1.29 is 18.6 Å². The van der Waals surface area contributed by atoms with Crippen molar-refractivity contribution in [3.8, 4) is 0 Å². The second-order valence-corrected chi connectivity index (χ2v) is 4.70. The normalized spacial score (nSPS) is 12.2. The van der Waals surface area contributed by atoms with E-state index in [-0.39, 0.29) is 12.1 Å². The van der Waals surface area contributed by atoms with Crippen LogP contribution in [0.2, 0.25) is 0 Å². The first-order valence-electron chi connectivity index (χ1n) is 6.55. The molecule has 0 aromatic heterocycles. The molecule has 2 aromatic rings. The summed E-state index contributed by atoms with van der Waals surface area (Å²) in [6.07, 6.45) is -1.13. The second-order valence-electron chi connectivity index (χ2n) is 4.70. The molecule has 0 aliphatic rings. The van der Waals surface area contributed by atoms with Crippen LogP contribution in [0.3, 0.4) is 0 Å². The molecule has 1 unspecified atom stereocenters. The van der Waals surface area contributed by atoms with Gasteiger partial charge in [0.25, 0.3) is 0 Å². The fourth-order valence-corrected chi connectivity index (χ4v) is 2.03. The van der Waals surface area contributed by atoms with E-state index in [1.54, 1.807) is 7.11 Å². The second kappa shape index (κ2) is 7.15. The predicted octanol–water partition coefficient (Wildman–Crippen LogP) is 3.26. The average molecular weight is 293 g/mol. The maximum atomic E-state index is 13.5. The average Bonchev–Trinajstić information content (AvgIpc) is 2.48. The minimum Gasteiger partial charge on any atom is -0.386 e. The van der Waals surface area contributed by atoms with E-state index >= 15 is 0 Å². The third kappa shape index (κ3) is 4.24. The molecule has 0 aliphatic carbocycles. The number of ether oxygens (including phenoxy) is 1. The molecule has 2 aromatic carbocycles. The standard InChI is InChI=1S/C16H17F2NO2/c1-21-10-11-3-2-4-13(7-11)19-9-16(20)14-8-12(17)5-6-15(14)18/h2-8,16,19-20H,9-10H2,1H3. The minimum atomic E-state index is -1.13. The number of rotatable bonds is 6. The van der Waals surface area contributed by atoms with Crippen LogP contribution in [0.15, 0.2) is 42.5 Å². The van der Waals surface area contributed by atoms with Crippen molar-refractivity contribution in [3.05, 3.63) is 65.2 Å². The van der Waals surface area contributed by atoms with E-state index in [0.29, 0.717) is 6.61 Å². The number of aliphatic hydroxyl groups is 1. The molecule has 0 aliphatic heterocycles. The van der Waals surface area contributed by atoms with Gasteiger partial charge in [-0.3, -0.25) is 0 Å². The highest BCUT2D eigenvalue weighted by Crippen LogP contribution is 2.19. The number of anilines is 1. The summed E-state index contributed by atoms with van der Waals surface area (Å²) in [6.45, 7) is 0.563. The molecule has 2 rings (SSSR count). The van der Waals surface area contributed by atoms with Gasteiger partial charge in [-0.2, -0.15) is 0 Å². The van der Waals surface area contributed by atoms with Gasteiger partial charge in [0, 0.05) is 24.9 Å². The van der Waals surface area contributed by atoms with Gasteiger partial charge < -0.3 is 15.2 Å². The molecule has 0 saturated carbocycles. The van der Waals surface area contributed by atoms with E-state index < -0.39 is 17.7 Å². The first-order chi connectivity index (χ1) is 10.1. The van der Waals surface area contributed by atoms with Crippen molar-refractivity contribution in [1.29, 1.82) is 0 Å². The summed E-state index contributed by atoms with van der Waals surface area (Å²) < 4.78 is 31.7. The zero-order valence-corrected chi connectivity index (χ0v) is 11.6. The lowest BCUT2D eigenvalue weighted by atomic mass is 10.1. The number of hydrogen-bond donors (Lipinski definition) is 2. The largest absolute Gasteiger partial charge is 0.386 e. The first-order valence-corrected chi connectivity index (χ1v) is 6.55. The highest BCUT2D eigenvalue weighted by molar-refractivity contribution is 5.46. The lowest BCUT2D eigenvalue weighted by molar-refractivity contribution is 0.184. The van der Waals surface area contributed by atoms with Gasteiger partial charge in [-0.15, -0.1) is 0 Å². The summed E-state index contributed by atoms with van der Waals surface area (Å²) in [5, 5.41) is 13.0. The van der Waals surface area contributed by atoms with Gasteiger partial charge in [0.05, 0.1) is 12.7 Å². The third-order valence-electron chi connectivity index (χ3n) is 3.05. The predicted molar refractivity (Wildman–Crippen MR) is 77.0 cm³/mol. The fraction of sp³-hybridized carbons (Fsp3) is 0.250. The van der Waals surface area contributed by atoms with Crippen molar-refractivity contribution in [2.45, 2.75) is 12.7 Å². The number of aliphatic hydroxyl groups excluding tert-OH is 1. The van der Waals surface area contributed by atoms with Gasteiger partial charge in [0.15, 0.2) is 0 Å². The Labute approximate surface area is 122 Å². The first kappa shape index (κ1) is 15.4. The Hall–Kier alpha value is -1.98. The van der Waals surface area contributed by atoms with Crippen LogP contribution in [0.1, 0.15) is 17.2 Å². The van der Waals surface area contributed by atoms with Gasteiger partial charge in [-0.25, -0.2) is 8.78 Å². The van der Waals surface area contributed by atoms with Crippen LogP contribution in [0.5, 0.6) is 0 Å². The van der Waals surface area contributed by atoms with E-state index in [0.717, 1.165) is 29.4 Å². The summed E-state index contributed by atoms with van der Waals surface area (Å²) in [5.41, 5.74) is 1.70. The van der Waals surface area contributed by atoms with E-state index in [9.17, 15) is 13.9 Å². The Morgan fingerprint density at radius 1 is 1.19 bits per heavy atom. The molecule has 2 N–H and O–H groups in total. The van der Waals surface area contributed by atoms with Gasteiger partial charge in [0.1, 0.15) is 11.6 Å². The summed E-state index contributed by atoms with van der Waals surface area (Å²) in [4.78, 5) is 0. The van der Waals surface area contributed by atoms with Crippen molar-refractivity contribution >= 4 is 5.69 Å². The number of hydrogen-bond acceptors (Lipinski definition) is 3. The Bertz CT molecular complexity index is 605. The van der Waals surface area contributed by atoms with Gasteiger partial charge in [-0.05, 0) is 35.9 Å². The zero-order valence-electron chi connectivity index (χ0n) is 11.6. The number of methoxy groups -OCH3 is 1. The topological polar surface area (TPSA) is 41.5 Å². The molecule has 0 radical (unpaired) electrons. The monoisotopic (exact) mass is 293 g/mol. The van der Waals surface area contributed by atoms with Crippen molar-refractivity contribution in [3.63, 3.8) is 0 Å². The Morgan fingerprint density at radius 2 is 2.00 bits per heavy atom. The summed E-state index contributed by atoms with van der Waals surface area (Å²) in [5.74, 6) is -1.20. The van der Waals surface area contributed by atoms with Gasteiger partial charge in [-0.1, -0.05) is 12.1 Å². The smallest absolute Gasteiger partial charge is 0.129 e. The van der Waals surface area contributed by atoms with E-state index in [4.69, 9.17) is 4.74 Å². The fourth-order valence-electron chi connectivity index (χ4n) is 2.03. The summed E-state index contributed by atoms with van der Waals surface area (Å²) in [6, 6.07) is 10.5. The van der Waals surface area contributed by atoms with Gasteiger partial charge >= 0.3 is 0 Å². The third-order valence-corrected chi connectivity index (χ3v) is 3.05. The van der Waals surface area contributed by atoms with E-state index in [1.807, 2.05) is 24.3 Å². The number of benzene rings is 2. The van der Waals surface area contributed by atoms with Crippen LogP contribution >= 0.6 is 0 Å².